The molecule has 0 unspecified atom stereocenters. The Hall–Kier alpha value is -3.15. The molecular formula is C25H29N5O. The highest BCUT2D eigenvalue weighted by Crippen LogP contribution is 2.44. The lowest BCUT2D eigenvalue weighted by atomic mass is 9.98. The van der Waals surface area contributed by atoms with Crippen LogP contribution in [-0.4, -0.2) is 26.1 Å². The summed E-state index contributed by atoms with van der Waals surface area (Å²) in [5.74, 6) is 1.34. The summed E-state index contributed by atoms with van der Waals surface area (Å²) >= 11 is 0. The number of carbonyl (C=O) groups excluding carboxylic acids is 1. The normalized spacial score (nSPS) is 16.0. The van der Waals surface area contributed by atoms with Gasteiger partial charge in [0.15, 0.2) is 0 Å². The SMILES string of the molecule is Cc1cc(-c2cc(Cn3ccn(C)c3=N)cc(C(=O)NC(C3CC3)C3CC3)c2)ccn1. The Morgan fingerprint density at radius 3 is 2.48 bits per heavy atom. The molecule has 0 bridgehead atoms. The Morgan fingerprint density at radius 2 is 1.87 bits per heavy atom. The van der Waals surface area contributed by atoms with Crippen LogP contribution in [0.2, 0.25) is 0 Å². The summed E-state index contributed by atoms with van der Waals surface area (Å²) in [5.41, 5.74) is 5.13. The van der Waals surface area contributed by atoms with Gasteiger partial charge in [0.2, 0.25) is 5.62 Å². The lowest BCUT2D eigenvalue weighted by molar-refractivity contribution is 0.0926. The molecule has 2 aromatic heterocycles. The number of aryl methyl sites for hydroxylation is 2. The van der Waals surface area contributed by atoms with Crippen molar-refractivity contribution in [2.75, 3.05) is 0 Å². The van der Waals surface area contributed by atoms with Crippen molar-refractivity contribution in [2.45, 2.75) is 45.2 Å². The minimum atomic E-state index is 0.0156. The third-order valence-electron chi connectivity index (χ3n) is 6.47. The first-order chi connectivity index (χ1) is 15.0. The predicted molar refractivity (Wildman–Crippen MR) is 119 cm³/mol. The Bertz CT molecular complexity index is 1170. The molecular weight excluding hydrogens is 386 g/mol. The number of rotatable bonds is 7. The predicted octanol–water partition coefficient (Wildman–Crippen LogP) is 3.64. The number of aromatic nitrogens is 3. The van der Waals surface area contributed by atoms with Gasteiger partial charge in [-0.05, 0) is 91.5 Å². The molecule has 2 fully saturated rings. The largest absolute Gasteiger partial charge is 0.349 e. The Labute approximate surface area is 182 Å². The molecule has 1 aromatic carbocycles. The van der Waals surface area contributed by atoms with Gasteiger partial charge in [-0.3, -0.25) is 15.2 Å². The maximum absolute atomic E-state index is 13.3. The second-order valence-corrected chi connectivity index (χ2v) is 9.14. The molecule has 0 spiro atoms. The molecule has 1 amide bonds. The minimum Gasteiger partial charge on any atom is -0.349 e. The molecule has 2 N–H and O–H groups in total. The highest BCUT2D eigenvalue weighted by molar-refractivity contribution is 5.96. The molecule has 0 atom stereocenters. The number of hydrogen-bond acceptors (Lipinski definition) is 3. The van der Waals surface area contributed by atoms with Crippen LogP contribution in [0.25, 0.3) is 11.1 Å². The molecule has 31 heavy (non-hydrogen) atoms. The van der Waals surface area contributed by atoms with Crippen molar-refractivity contribution >= 4 is 5.91 Å². The zero-order chi connectivity index (χ0) is 21.5. The van der Waals surface area contributed by atoms with Gasteiger partial charge in [-0.25, -0.2) is 0 Å². The zero-order valence-corrected chi connectivity index (χ0v) is 18.1. The smallest absolute Gasteiger partial charge is 0.251 e. The molecule has 5 rings (SSSR count). The molecule has 0 aliphatic heterocycles. The van der Waals surface area contributed by atoms with E-state index in [2.05, 4.69) is 16.4 Å². The summed E-state index contributed by atoms with van der Waals surface area (Å²) in [7, 11) is 1.86. The van der Waals surface area contributed by atoms with Gasteiger partial charge < -0.3 is 14.5 Å². The van der Waals surface area contributed by atoms with E-state index in [9.17, 15) is 4.79 Å². The van der Waals surface area contributed by atoms with Crippen molar-refractivity contribution < 1.29 is 4.79 Å². The van der Waals surface area contributed by atoms with Crippen molar-refractivity contribution in [3.05, 3.63) is 71.4 Å². The lowest BCUT2D eigenvalue weighted by Crippen LogP contribution is -2.38. The van der Waals surface area contributed by atoms with Crippen molar-refractivity contribution in [1.82, 2.24) is 19.4 Å². The van der Waals surface area contributed by atoms with Crippen LogP contribution < -0.4 is 10.9 Å². The Balaban J connectivity index is 1.49. The van der Waals surface area contributed by atoms with E-state index in [0.717, 1.165) is 22.4 Å². The number of nitrogens with zero attached hydrogens (tertiary/aromatic N) is 3. The minimum absolute atomic E-state index is 0.0156. The van der Waals surface area contributed by atoms with Crippen LogP contribution in [0.3, 0.4) is 0 Å². The number of nitrogens with one attached hydrogen (secondary N) is 2. The van der Waals surface area contributed by atoms with Crippen LogP contribution in [0.15, 0.2) is 48.9 Å². The molecule has 3 aromatic rings. The van der Waals surface area contributed by atoms with Crippen molar-refractivity contribution in [3.63, 3.8) is 0 Å². The van der Waals surface area contributed by atoms with Crippen LogP contribution in [0.1, 0.15) is 47.3 Å². The van der Waals surface area contributed by atoms with Gasteiger partial charge in [0.25, 0.3) is 5.91 Å². The molecule has 2 saturated carbocycles. The van der Waals surface area contributed by atoms with Crippen molar-refractivity contribution in [1.29, 1.82) is 5.41 Å². The third-order valence-corrected chi connectivity index (χ3v) is 6.47. The number of amides is 1. The first-order valence-electron chi connectivity index (χ1n) is 11.1. The zero-order valence-electron chi connectivity index (χ0n) is 18.1. The average molecular weight is 416 g/mol. The number of hydrogen-bond donors (Lipinski definition) is 2. The first kappa shape index (κ1) is 19.8. The van der Waals surface area contributed by atoms with Gasteiger partial charge >= 0.3 is 0 Å². The standard InChI is InChI=1S/C25H29N5O/c1-16-11-20(7-8-27-16)21-12-17(15-30-10-9-29(2)25(30)26)13-22(14-21)24(31)28-23(18-3-4-18)19-5-6-19/h7-14,18-19,23,26H,3-6,15H2,1-2H3,(H,28,31). The monoisotopic (exact) mass is 415 g/mol. The molecule has 160 valence electrons. The first-order valence-corrected chi connectivity index (χ1v) is 11.1. The fraction of sp³-hybridized carbons (Fsp3) is 0.400. The molecule has 2 aliphatic rings. The van der Waals surface area contributed by atoms with E-state index in [1.165, 1.54) is 25.7 Å². The lowest BCUT2D eigenvalue weighted by Gasteiger charge is -2.18. The maximum atomic E-state index is 13.3. The number of benzene rings is 1. The van der Waals surface area contributed by atoms with Gasteiger partial charge in [0, 0.05) is 42.9 Å². The highest BCUT2D eigenvalue weighted by atomic mass is 16.1. The van der Waals surface area contributed by atoms with Crippen LogP contribution >= 0.6 is 0 Å². The van der Waals surface area contributed by atoms with E-state index in [-0.39, 0.29) is 5.91 Å². The number of carbonyl (C=O) groups is 1. The van der Waals surface area contributed by atoms with Gasteiger partial charge in [-0.15, -0.1) is 0 Å². The van der Waals surface area contributed by atoms with Crippen LogP contribution in [0, 0.1) is 24.2 Å². The van der Waals surface area contributed by atoms with Gasteiger partial charge in [-0.1, -0.05) is 0 Å². The molecule has 2 aliphatic carbocycles. The van der Waals surface area contributed by atoms with Gasteiger partial charge in [0.05, 0.1) is 6.54 Å². The van der Waals surface area contributed by atoms with E-state index in [0.29, 0.717) is 35.6 Å². The van der Waals surface area contributed by atoms with E-state index in [1.807, 2.05) is 55.2 Å². The highest BCUT2D eigenvalue weighted by Gasteiger charge is 2.42. The molecule has 0 saturated heterocycles. The van der Waals surface area contributed by atoms with Crippen LogP contribution in [0.5, 0.6) is 0 Å². The number of imidazole rings is 1. The second-order valence-electron chi connectivity index (χ2n) is 9.14. The molecule has 0 radical (unpaired) electrons. The topological polar surface area (TPSA) is 75.7 Å². The van der Waals surface area contributed by atoms with Crippen molar-refractivity contribution in [2.24, 2.45) is 18.9 Å². The Kier molecular flexibility index (Phi) is 5.00. The van der Waals surface area contributed by atoms with Crippen LogP contribution in [0.4, 0.5) is 0 Å². The number of pyridine rings is 1. The van der Waals surface area contributed by atoms with E-state index in [1.54, 1.807) is 10.8 Å². The van der Waals surface area contributed by atoms with Gasteiger partial charge in [-0.2, -0.15) is 0 Å². The Morgan fingerprint density at radius 1 is 1.13 bits per heavy atom. The van der Waals surface area contributed by atoms with Crippen LogP contribution in [-0.2, 0) is 13.6 Å². The maximum Gasteiger partial charge on any atom is 0.251 e. The quantitative estimate of drug-likeness (QED) is 0.618. The fourth-order valence-corrected chi connectivity index (χ4v) is 4.42. The van der Waals surface area contributed by atoms with E-state index >= 15 is 0 Å². The van der Waals surface area contributed by atoms with E-state index in [4.69, 9.17) is 5.41 Å². The summed E-state index contributed by atoms with van der Waals surface area (Å²) in [4.78, 5) is 17.6. The summed E-state index contributed by atoms with van der Waals surface area (Å²) in [6.45, 7) is 2.52. The third kappa shape index (κ3) is 4.33. The summed E-state index contributed by atoms with van der Waals surface area (Å²) in [5, 5.41) is 11.6. The summed E-state index contributed by atoms with van der Waals surface area (Å²) < 4.78 is 3.66. The van der Waals surface area contributed by atoms with Crippen molar-refractivity contribution in [3.8, 4) is 11.1 Å². The molecule has 2 heterocycles. The molecule has 6 heteroatoms. The molecule has 6 nitrogen and oxygen atoms in total. The van der Waals surface area contributed by atoms with Gasteiger partial charge in [0.1, 0.15) is 0 Å². The summed E-state index contributed by atoms with van der Waals surface area (Å²) in [6, 6.07) is 10.4. The average Bonchev–Trinajstić information content (AvgIpc) is 3.68. The summed E-state index contributed by atoms with van der Waals surface area (Å²) in [6.07, 6.45) is 10.5. The van der Waals surface area contributed by atoms with E-state index < -0.39 is 0 Å². The second kappa shape index (κ2) is 7.84. The fourth-order valence-electron chi connectivity index (χ4n) is 4.42.